The maximum atomic E-state index is 12.4. The van der Waals surface area contributed by atoms with Crippen molar-refractivity contribution in [3.8, 4) is 0 Å². The molecule has 110 valence electrons. The highest BCUT2D eigenvalue weighted by Gasteiger charge is 2.45. The summed E-state index contributed by atoms with van der Waals surface area (Å²) in [6.45, 7) is 0.0975. The van der Waals surface area contributed by atoms with E-state index in [0.717, 1.165) is 0 Å². The number of aliphatic carboxylic acids is 1. The highest BCUT2D eigenvalue weighted by atomic mass is 19.4. The summed E-state index contributed by atoms with van der Waals surface area (Å²) in [5, 5.41) is 11.6. The van der Waals surface area contributed by atoms with Crippen LogP contribution in [0.15, 0.2) is 0 Å². The van der Waals surface area contributed by atoms with E-state index in [1.165, 1.54) is 0 Å². The molecule has 1 aliphatic heterocycles. The zero-order valence-corrected chi connectivity index (χ0v) is 10.6. The summed E-state index contributed by atoms with van der Waals surface area (Å²) < 4.78 is 37.3. The monoisotopic (exact) mass is 282 g/mol. The lowest BCUT2D eigenvalue weighted by Gasteiger charge is -2.32. The molecular formula is C11H17F3N2O3. The Bertz CT molecular complexity index is 352. The molecule has 0 aromatic rings. The van der Waals surface area contributed by atoms with Crippen LogP contribution in [0, 0.1) is 5.41 Å². The molecule has 0 spiro atoms. The van der Waals surface area contributed by atoms with Crippen molar-refractivity contribution in [1.29, 1.82) is 0 Å². The van der Waals surface area contributed by atoms with Crippen LogP contribution in [-0.2, 0) is 9.59 Å². The van der Waals surface area contributed by atoms with E-state index in [4.69, 9.17) is 5.11 Å². The number of carbonyl (C=O) groups is 2. The van der Waals surface area contributed by atoms with Crippen LogP contribution in [0.25, 0.3) is 0 Å². The van der Waals surface area contributed by atoms with Crippen molar-refractivity contribution < 1.29 is 27.9 Å². The molecular weight excluding hydrogens is 265 g/mol. The van der Waals surface area contributed by atoms with Gasteiger partial charge in [-0.05, 0) is 19.4 Å². The summed E-state index contributed by atoms with van der Waals surface area (Å²) in [5.41, 5.74) is -0.916. The minimum atomic E-state index is -4.61. The van der Waals surface area contributed by atoms with E-state index in [2.05, 4.69) is 5.32 Å². The van der Waals surface area contributed by atoms with Crippen LogP contribution < -0.4 is 5.32 Å². The molecule has 0 aromatic carbocycles. The fourth-order valence-electron chi connectivity index (χ4n) is 2.29. The lowest BCUT2D eigenvalue weighted by molar-refractivity contribution is -0.171. The molecule has 1 aliphatic rings. The molecule has 8 heteroatoms. The predicted molar refractivity (Wildman–Crippen MR) is 60.5 cm³/mol. The fourth-order valence-corrected chi connectivity index (χ4v) is 2.29. The smallest absolute Gasteiger partial charge is 0.406 e. The Kier molecular flexibility index (Phi) is 4.78. The number of carboxylic acid groups (broad SMARTS) is 1. The Morgan fingerprint density at radius 3 is 2.42 bits per heavy atom. The van der Waals surface area contributed by atoms with E-state index in [9.17, 15) is 22.8 Å². The first-order valence-electron chi connectivity index (χ1n) is 5.99. The second kappa shape index (κ2) is 5.77. The number of nitrogens with one attached hydrogen (secondary N) is 1. The fraction of sp³-hybridized carbons (Fsp3) is 0.818. The van der Waals surface area contributed by atoms with Crippen molar-refractivity contribution in [3.05, 3.63) is 0 Å². The number of rotatable bonds is 5. The molecule has 1 fully saturated rings. The predicted octanol–water partition coefficient (Wildman–Crippen LogP) is 0.852. The first kappa shape index (κ1) is 15.7. The van der Waals surface area contributed by atoms with Crippen LogP contribution in [0.3, 0.4) is 0 Å². The standard InChI is InChI=1S/C11H17F3N2O3/c1-2-10(3-4-15-6-10)9(19)16(5-8(17)18)7-11(12,13)14/h15H,2-7H2,1H3,(H,17,18). The van der Waals surface area contributed by atoms with Gasteiger partial charge in [-0.1, -0.05) is 6.92 Å². The van der Waals surface area contributed by atoms with Crippen LogP contribution in [0.4, 0.5) is 13.2 Å². The van der Waals surface area contributed by atoms with Gasteiger partial charge in [0.05, 0.1) is 5.41 Å². The van der Waals surface area contributed by atoms with Gasteiger partial charge in [-0.3, -0.25) is 9.59 Å². The first-order valence-corrected chi connectivity index (χ1v) is 5.99. The normalized spacial score (nSPS) is 23.4. The highest BCUT2D eigenvalue weighted by molar-refractivity contribution is 5.86. The third-order valence-corrected chi connectivity index (χ3v) is 3.36. The summed E-state index contributed by atoms with van der Waals surface area (Å²) in [5.74, 6) is -2.19. The Morgan fingerprint density at radius 1 is 1.42 bits per heavy atom. The van der Waals surface area contributed by atoms with E-state index < -0.39 is 36.6 Å². The largest absolute Gasteiger partial charge is 0.480 e. The molecule has 2 N–H and O–H groups in total. The van der Waals surface area contributed by atoms with E-state index >= 15 is 0 Å². The van der Waals surface area contributed by atoms with Gasteiger partial charge in [0, 0.05) is 6.54 Å². The minimum absolute atomic E-state index is 0.288. The average Bonchev–Trinajstić information content (AvgIpc) is 2.74. The summed E-state index contributed by atoms with van der Waals surface area (Å²) >= 11 is 0. The maximum Gasteiger partial charge on any atom is 0.406 e. The second-order valence-corrected chi connectivity index (χ2v) is 4.73. The molecule has 1 saturated heterocycles. The quantitative estimate of drug-likeness (QED) is 0.784. The molecule has 1 atom stereocenters. The molecule has 0 aromatic heterocycles. The average molecular weight is 282 g/mol. The minimum Gasteiger partial charge on any atom is -0.480 e. The van der Waals surface area contributed by atoms with Crippen LogP contribution in [0.5, 0.6) is 0 Å². The Labute approximate surface area is 108 Å². The molecule has 0 bridgehead atoms. The molecule has 1 rings (SSSR count). The van der Waals surface area contributed by atoms with Gasteiger partial charge in [-0.2, -0.15) is 13.2 Å². The van der Waals surface area contributed by atoms with Crippen molar-refractivity contribution in [2.45, 2.75) is 25.9 Å². The van der Waals surface area contributed by atoms with Crippen molar-refractivity contribution in [1.82, 2.24) is 10.2 Å². The molecule has 1 amide bonds. The van der Waals surface area contributed by atoms with Crippen molar-refractivity contribution in [3.63, 3.8) is 0 Å². The number of alkyl halides is 3. The highest BCUT2D eigenvalue weighted by Crippen LogP contribution is 2.32. The summed E-state index contributed by atoms with van der Waals surface area (Å²) in [7, 11) is 0. The van der Waals surface area contributed by atoms with E-state index in [-0.39, 0.29) is 6.54 Å². The molecule has 0 saturated carbocycles. The third-order valence-electron chi connectivity index (χ3n) is 3.36. The third kappa shape index (κ3) is 4.09. The lowest BCUT2D eigenvalue weighted by Crippen LogP contribution is -2.50. The van der Waals surface area contributed by atoms with Gasteiger partial charge >= 0.3 is 12.1 Å². The van der Waals surface area contributed by atoms with Crippen LogP contribution >= 0.6 is 0 Å². The Balaban J connectivity index is 2.89. The number of halogens is 3. The van der Waals surface area contributed by atoms with Gasteiger partial charge in [-0.15, -0.1) is 0 Å². The van der Waals surface area contributed by atoms with E-state index in [1.54, 1.807) is 6.92 Å². The number of hydrogen-bond acceptors (Lipinski definition) is 3. The van der Waals surface area contributed by atoms with Gasteiger partial charge in [0.2, 0.25) is 5.91 Å². The van der Waals surface area contributed by atoms with Crippen molar-refractivity contribution in [2.75, 3.05) is 26.2 Å². The Morgan fingerprint density at radius 2 is 2.05 bits per heavy atom. The van der Waals surface area contributed by atoms with Gasteiger partial charge in [-0.25, -0.2) is 0 Å². The molecule has 19 heavy (non-hydrogen) atoms. The van der Waals surface area contributed by atoms with E-state index in [0.29, 0.717) is 24.3 Å². The maximum absolute atomic E-state index is 12.4. The van der Waals surface area contributed by atoms with Gasteiger partial charge < -0.3 is 15.3 Å². The Hall–Kier alpha value is -1.31. The second-order valence-electron chi connectivity index (χ2n) is 4.73. The first-order chi connectivity index (χ1) is 8.70. The van der Waals surface area contributed by atoms with Crippen LogP contribution in [0.1, 0.15) is 19.8 Å². The lowest BCUT2D eigenvalue weighted by atomic mass is 9.82. The zero-order chi connectivity index (χ0) is 14.7. The molecule has 1 unspecified atom stereocenters. The van der Waals surface area contributed by atoms with Crippen molar-refractivity contribution in [2.24, 2.45) is 5.41 Å². The molecule has 0 aliphatic carbocycles. The molecule has 5 nitrogen and oxygen atoms in total. The summed E-state index contributed by atoms with van der Waals surface area (Å²) in [4.78, 5) is 23.3. The van der Waals surface area contributed by atoms with Gasteiger partial charge in [0.1, 0.15) is 13.1 Å². The van der Waals surface area contributed by atoms with Crippen LogP contribution in [-0.4, -0.2) is 54.2 Å². The zero-order valence-electron chi connectivity index (χ0n) is 10.6. The van der Waals surface area contributed by atoms with E-state index in [1.807, 2.05) is 0 Å². The number of nitrogens with zero attached hydrogens (tertiary/aromatic N) is 1. The topological polar surface area (TPSA) is 69.6 Å². The number of carboxylic acids is 1. The molecule has 1 heterocycles. The van der Waals surface area contributed by atoms with Crippen molar-refractivity contribution >= 4 is 11.9 Å². The van der Waals surface area contributed by atoms with Gasteiger partial charge in [0.25, 0.3) is 0 Å². The summed E-state index contributed by atoms with van der Waals surface area (Å²) in [6.07, 6.45) is -3.80. The van der Waals surface area contributed by atoms with Gasteiger partial charge in [0.15, 0.2) is 0 Å². The number of hydrogen-bond donors (Lipinski definition) is 2. The molecule has 0 radical (unpaired) electrons. The number of amides is 1. The summed E-state index contributed by atoms with van der Waals surface area (Å²) in [6, 6.07) is 0. The SMILES string of the molecule is CCC1(C(=O)N(CC(=O)O)CC(F)(F)F)CCNC1. The number of carbonyl (C=O) groups excluding carboxylic acids is 1. The van der Waals surface area contributed by atoms with Crippen LogP contribution in [0.2, 0.25) is 0 Å².